The second-order valence-corrected chi connectivity index (χ2v) is 0.874. The molecule has 0 aliphatic carbocycles. The molecule has 0 fully saturated rings. The average molecular weight is 79.1 g/mol. The van der Waals surface area contributed by atoms with E-state index in [2.05, 4.69) is 23.7 Å². The molecule has 0 spiro atoms. The molecular weight excluding hydrogens is 75.1 g/mol. The summed E-state index contributed by atoms with van der Waals surface area (Å²) in [6.07, 6.45) is 0. The molecule has 0 amide bonds. The van der Waals surface area contributed by atoms with Crippen molar-refractivity contribution in [1.82, 2.24) is 0 Å². The Bertz CT molecular complexity index is 29.0. The van der Waals surface area contributed by atoms with E-state index in [0.717, 1.165) is 0 Å². The zero-order chi connectivity index (χ0) is 3.58. The zero-order valence-electron chi connectivity index (χ0n) is 2.06. The molecule has 0 unspecified atom stereocenters. The summed E-state index contributed by atoms with van der Waals surface area (Å²) in [5, 5.41) is 0.000000000000000222. The summed E-state index contributed by atoms with van der Waals surface area (Å²) in [6.45, 7) is 0. The largest absolute Gasteiger partial charge is 0.377 e. The molecule has 0 aliphatic rings. The minimum atomic E-state index is 0.000000000000000222. The molecule has 0 atom stereocenters. The lowest BCUT2D eigenvalue weighted by Gasteiger charge is -1.68. The van der Waals surface area contributed by atoms with Crippen molar-refractivity contribution in [3.05, 3.63) is 0 Å². The van der Waals surface area contributed by atoms with Crippen LogP contribution in [-0.2, 0) is 0 Å². The lowest BCUT2D eigenvalue weighted by atomic mass is 12.3. The molecule has 4 N–H and O–H groups in total. The summed E-state index contributed by atoms with van der Waals surface area (Å²) in [5.74, 6) is 0. The van der Waals surface area contributed by atoms with Crippen LogP contribution in [0.25, 0.3) is 0 Å². The first-order chi connectivity index (χ1) is 1.73. The van der Waals surface area contributed by atoms with Gasteiger partial charge in [0.25, 0.3) is 0 Å². The van der Waals surface area contributed by atoms with Crippen molar-refractivity contribution in [3.63, 3.8) is 0 Å². The Kier molecular flexibility index (Phi) is 0.979. The van der Waals surface area contributed by atoms with Crippen LogP contribution in [0.4, 0.5) is 0 Å². The van der Waals surface area contributed by atoms with Crippen LogP contribution in [0.5, 0.6) is 0 Å². The van der Waals surface area contributed by atoms with Crippen LogP contribution < -0.4 is 11.5 Å². The fourth-order valence-electron chi connectivity index (χ4n) is 0. The van der Waals surface area contributed by atoms with Crippen molar-refractivity contribution < 1.29 is 0 Å². The third-order valence-electron chi connectivity index (χ3n) is 0. The van der Waals surface area contributed by atoms with Crippen LogP contribution in [0.2, 0.25) is 0 Å². The zero-order valence-corrected chi connectivity index (χ0v) is 2.88. The Labute approximate surface area is 29.8 Å². The van der Waals surface area contributed by atoms with E-state index in [-0.39, 0.29) is 5.11 Å². The van der Waals surface area contributed by atoms with E-state index in [9.17, 15) is 0 Å². The van der Waals surface area contributed by atoms with Crippen LogP contribution in [0.3, 0.4) is 0 Å². The molecule has 4 heavy (non-hydrogen) atoms. The molecule has 0 aromatic carbocycles. The summed E-state index contributed by atoms with van der Waals surface area (Å²) in [4.78, 5) is 0. The van der Waals surface area contributed by atoms with Crippen molar-refractivity contribution >= 4 is 17.3 Å². The van der Waals surface area contributed by atoms with E-state index < -0.39 is 0 Å². The molecule has 0 aromatic heterocycles. The van der Waals surface area contributed by atoms with E-state index >= 15 is 0 Å². The van der Waals surface area contributed by atoms with Crippen molar-refractivity contribution in [1.29, 1.82) is 0 Å². The average Bonchev–Trinajstić information content (AvgIpc) is 0.811. The summed E-state index contributed by atoms with van der Waals surface area (Å²) in [6, 6.07) is 0. The van der Waals surface area contributed by atoms with Gasteiger partial charge in [0.05, 0.1) is 0 Å². The van der Waals surface area contributed by atoms with E-state index in [1.165, 1.54) is 0 Å². The first-order valence-corrected chi connectivity index (χ1v) is 1.19. The molecule has 3 heteroatoms. The lowest BCUT2D eigenvalue weighted by Crippen LogP contribution is -2.18. The Balaban J connectivity index is 2.80. The van der Waals surface area contributed by atoms with Gasteiger partial charge < -0.3 is 11.5 Å². The van der Waals surface area contributed by atoms with Crippen molar-refractivity contribution in [2.75, 3.05) is 0 Å². The fourth-order valence-corrected chi connectivity index (χ4v) is 0. The number of hydrogen-bond donors (Lipinski definition) is 2. The van der Waals surface area contributed by atoms with Crippen molar-refractivity contribution in [2.24, 2.45) is 11.5 Å². The second-order valence-electron chi connectivity index (χ2n) is 0.402. The first kappa shape index (κ1) is 3.69. The standard InChI is InChI=1S/CH4N2S/c2-1(3)4/h(H4,2,3,4)/i1+1,2+1,3+1. The van der Waals surface area contributed by atoms with E-state index in [1.54, 1.807) is 0 Å². The Hall–Kier alpha value is -0.310. The summed E-state index contributed by atoms with van der Waals surface area (Å²) in [5.41, 5.74) is 9.24. The molecule has 0 aliphatic heterocycles. The quantitative estimate of drug-likeness (QED) is 0.227. The Morgan fingerprint density at radius 3 is 1.50 bits per heavy atom. The highest BCUT2D eigenvalue weighted by molar-refractivity contribution is 7.80. The summed E-state index contributed by atoms with van der Waals surface area (Å²) < 4.78 is 0. The molecule has 0 radical (unpaired) electrons. The van der Waals surface area contributed by atoms with Gasteiger partial charge >= 0.3 is 0 Å². The van der Waals surface area contributed by atoms with E-state index in [0.29, 0.717) is 0 Å². The third-order valence-corrected chi connectivity index (χ3v) is 0. The lowest BCUT2D eigenvalue weighted by molar-refractivity contribution is 1.65. The van der Waals surface area contributed by atoms with Gasteiger partial charge in [-0.1, -0.05) is 0 Å². The minimum Gasteiger partial charge on any atom is -0.377 e. The highest BCUT2D eigenvalue weighted by Gasteiger charge is 1.53. The van der Waals surface area contributed by atoms with Gasteiger partial charge in [0.2, 0.25) is 0 Å². The van der Waals surface area contributed by atoms with Gasteiger partial charge in [-0.3, -0.25) is 0 Å². The molecule has 0 bridgehead atoms. The maximum Gasteiger partial charge on any atom is 0.160 e. The predicted molar refractivity (Wildman–Crippen MR) is 21.0 cm³/mol. The van der Waals surface area contributed by atoms with Crippen LogP contribution >= 0.6 is 12.2 Å². The second kappa shape index (κ2) is 1.06. The fraction of sp³-hybridized carbons (Fsp3) is 0. The van der Waals surface area contributed by atoms with Gasteiger partial charge in [0.15, 0.2) is 5.11 Å². The van der Waals surface area contributed by atoms with Crippen LogP contribution in [-0.4, -0.2) is 5.11 Å². The molecule has 0 saturated carbocycles. The predicted octanol–water partition coefficient (Wildman–Crippen LogP) is -0.811. The van der Waals surface area contributed by atoms with Crippen LogP contribution in [0.1, 0.15) is 0 Å². The summed E-state index contributed by atoms with van der Waals surface area (Å²) in [7, 11) is 0. The number of thiocarbonyl (C=S) groups is 1. The smallest absolute Gasteiger partial charge is 0.160 e. The van der Waals surface area contributed by atoms with Gasteiger partial charge in [0, 0.05) is 0 Å². The molecule has 0 rings (SSSR count). The van der Waals surface area contributed by atoms with E-state index in [4.69, 9.17) is 0 Å². The van der Waals surface area contributed by atoms with Crippen LogP contribution in [0.15, 0.2) is 0 Å². The highest BCUT2D eigenvalue weighted by Crippen LogP contribution is 1.32. The monoisotopic (exact) mass is 79.0 g/mol. The van der Waals surface area contributed by atoms with E-state index in [1.807, 2.05) is 0 Å². The molecule has 0 heterocycles. The van der Waals surface area contributed by atoms with Gasteiger partial charge in [-0.2, -0.15) is 0 Å². The minimum absolute atomic E-state index is 0.000000000000000222. The normalized spacial score (nSPS) is 6.00. The van der Waals surface area contributed by atoms with Gasteiger partial charge in [-0.15, -0.1) is 0 Å². The first-order valence-electron chi connectivity index (χ1n) is 0.781. The maximum atomic E-state index is 4.62. The van der Waals surface area contributed by atoms with Gasteiger partial charge in [-0.05, 0) is 12.2 Å². The SMILES string of the molecule is [15NH2][13C]([15NH2])=S. The Morgan fingerprint density at radius 1 is 1.50 bits per heavy atom. The highest BCUT2D eigenvalue weighted by atomic mass is 32.1. The Morgan fingerprint density at radius 2 is 1.50 bits per heavy atom. The van der Waals surface area contributed by atoms with Gasteiger partial charge in [-0.25, -0.2) is 0 Å². The van der Waals surface area contributed by atoms with Crippen molar-refractivity contribution in [3.8, 4) is 0 Å². The summed E-state index contributed by atoms with van der Waals surface area (Å²) >= 11 is 4.09. The molecule has 2 nitrogen and oxygen atoms in total. The topological polar surface area (TPSA) is 52.0 Å². The van der Waals surface area contributed by atoms with Crippen LogP contribution in [0, 0.1) is 0 Å². The molecule has 0 aromatic rings. The van der Waals surface area contributed by atoms with Gasteiger partial charge in [0.1, 0.15) is 0 Å². The molecular formula is CH4N2S. The number of hydrogen-bond acceptors (Lipinski definition) is 1. The third kappa shape index (κ3) is 8.37. The molecule has 24 valence electrons. The number of rotatable bonds is 0. The maximum absolute atomic E-state index is 4.62. The molecule has 0 saturated heterocycles. The van der Waals surface area contributed by atoms with Crippen molar-refractivity contribution in [2.45, 2.75) is 0 Å². The number of nitrogens with two attached hydrogens (primary N) is 2.